The van der Waals surface area contributed by atoms with E-state index in [1.165, 1.54) is 25.1 Å². The highest BCUT2D eigenvalue weighted by Gasteiger charge is 2.35. The Hall–Kier alpha value is -4.81. The molecule has 0 N–H and O–H groups in total. The average molecular weight is 592 g/mol. The van der Waals surface area contributed by atoms with Crippen LogP contribution in [-0.4, -0.2) is 48.7 Å². The van der Waals surface area contributed by atoms with Gasteiger partial charge in [-0.05, 0) is 44.9 Å². The molecule has 6 rings (SSSR count). The second kappa shape index (κ2) is 11.1. The summed E-state index contributed by atoms with van der Waals surface area (Å²) in [4.78, 5) is 26.5. The van der Waals surface area contributed by atoms with Crippen LogP contribution in [0.3, 0.4) is 0 Å². The summed E-state index contributed by atoms with van der Waals surface area (Å²) in [6, 6.07) is 8.42. The maximum Gasteiger partial charge on any atom is 0.434 e. The van der Waals surface area contributed by atoms with Crippen molar-refractivity contribution in [1.29, 1.82) is 0 Å². The van der Waals surface area contributed by atoms with Gasteiger partial charge in [0, 0.05) is 35.5 Å². The van der Waals surface area contributed by atoms with Crippen LogP contribution < -0.4 is 14.2 Å². The number of alkyl halides is 3. The molecule has 10 nitrogen and oxygen atoms in total. The summed E-state index contributed by atoms with van der Waals surface area (Å²) >= 11 is 0. The van der Waals surface area contributed by atoms with Crippen LogP contribution in [0, 0.1) is 0 Å². The van der Waals surface area contributed by atoms with E-state index in [9.17, 15) is 13.2 Å². The number of fused-ring (bicyclic) bond motifs is 1. The summed E-state index contributed by atoms with van der Waals surface area (Å²) in [6.45, 7) is 3.64. The minimum absolute atomic E-state index is 0.0498. The average Bonchev–Trinajstić information content (AvgIpc) is 3.75. The third kappa shape index (κ3) is 5.54. The highest BCUT2D eigenvalue weighted by Crippen LogP contribution is 2.45. The number of benzene rings is 1. The number of hydrogen-bond donors (Lipinski definition) is 0. The van der Waals surface area contributed by atoms with Gasteiger partial charge in [-0.3, -0.25) is 0 Å². The molecule has 1 aliphatic carbocycles. The number of pyridine rings is 1. The summed E-state index contributed by atoms with van der Waals surface area (Å²) in [5.41, 5.74) is 2.03. The first-order valence-corrected chi connectivity index (χ1v) is 13.7. The van der Waals surface area contributed by atoms with E-state index in [1.807, 2.05) is 6.07 Å². The number of ether oxygens (including phenoxy) is 3. The molecule has 4 heterocycles. The van der Waals surface area contributed by atoms with E-state index in [0.717, 1.165) is 24.7 Å². The highest BCUT2D eigenvalue weighted by molar-refractivity contribution is 5.83. The van der Waals surface area contributed by atoms with Crippen molar-refractivity contribution in [3.63, 3.8) is 0 Å². The van der Waals surface area contributed by atoms with E-state index in [-0.39, 0.29) is 30.3 Å². The number of hydrogen-bond acceptors (Lipinski definition) is 9. The molecule has 5 aromatic rings. The second-order valence-electron chi connectivity index (χ2n) is 10.4. The first-order chi connectivity index (χ1) is 20.7. The van der Waals surface area contributed by atoms with Crippen LogP contribution in [-0.2, 0) is 12.8 Å². The Morgan fingerprint density at radius 2 is 1.79 bits per heavy atom. The zero-order valence-electron chi connectivity index (χ0n) is 23.9. The Morgan fingerprint density at radius 1 is 0.977 bits per heavy atom. The van der Waals surface area contributed by atoms with Crippen molar-refractivity contribution in [2.75, 3.05) is 14.2 Å². The fourth-order valence-corrected chi connectivity index (χ4v) is 4.86. The Kier molecular flexibility index (Phi) is 7.32. The summed E-state index contributed by atoms with van der Waals surface area (Å²) in [7, 11) is 3.02. The molecule has 0 aliphatic heterocycles. The molecular formula is C30H28F3N7O3. The van der Waals surface area contributed by atoms with Crippen molar-refractivity contribution in [2.45, 2.75) is 51.4 Å². The largest absolute Gasteiger partial charge is 0.496 e. The van der Waals surface area contributed by atoms with Gasteiger partial charge in [0.1, 0.15) is 30.1 Å². The molecule has 0 radical (unpaired) electrons. The van der Waals surface area contributed by atoms with Crippen molar-refractivity contribution in [1.82, 2.24) is 34.5 Å². The smallest absolute Gasteiger partial charge is 0.434 e. The molecule has 0 spiro atoms. The van der Waals surface area contributed by atoms with Gasteiger partial charge in [-0.1, -0.05) is 12.1 Å². The summed E-state index contributed by atoms with van der Waals surface area (Å²) < 4.78 is 59.2. The molecule has 0 atom stereocenters. The SMILES string of the molecule is COc1cc(-c2nc(C(F)(F)F)cn2C(C)C)ccc1COc1nc(-c2c(OC)ncnc2C2CC2)nc2ncccc12. The van der Waals surface area contributed by atoms with Crippen molar-refractivity contribution < 1.29 is 27.4 Å². The van der Waals surface area contributed by atoms with Gasteiger partial charge in [-0.25, -0.2) is 24.9 Å². The zero-order chi connectivity index (χ0) is 30.3. The van der Waals surface area contributed by atoms with E-state index >= 15 is 0 Å². The molecule has 0 saturated heterocycles. The van der Waals surface area contributed by atoms with Crippen LogP contribution >= 0.6 is 0 Å². The minimum atomic E-state index is -4.56. The Balaban J connectivity index is 1.36. The predicted molar refractivity (Wildman–Crippen MR) is 151 cm³/mol. The third-order valence-electron chi connectivity index (χ3n) is 7.15. The van der Waals surface area contributed by atoms with Crippen LogP contribution in [0.25, 0.3) is 33.8 Å². The van der Waals surface area contributed by atoms with Crippen LogP contribution in [0.2, 0.25) is 0 Å². The molecule has 0 bridgehead atoms. The molecule has 0 unspecified atom stereocenters. The van der Waals surface area contributed by atoms with E-state index in [2.05, 4.69) is 24.9 Å². The molecular weight excluding hydrogens is 563 g/mol. The van der Waals surface area contributed by atoms with E-state index in [0.29, 0.717) is 45.2 Å². The lowest BCUT2D eigenvalue weighted by atomic mass is 10.1. The van der Waals surface area contributed by atoms with Gasteiger partial charge in [0.15, 0.2) is 17.2 Å². The van der Waals surface area contributed by atoms with Gasteiger partial charge < -0.3 is 18.8 Å². The normalized spacial score (nSPS) is 13.5. The lowest BCUT2D eigenvalue weighted by molar-refractivity contribution is -0.140. The van der Waals surface area contributed by atoms with Gasteiger partial charge in [0.2, 0.25) is 11.8 Å². The molecule has 43 heavy (non-hydrogen) atoms. The molecule has 1 fully saturated rings. The summed E-state index contributed by atoms with van der Waals surface area (Å²) in [5.74, 6) is 1.89. The van der Waals surface area contributed by atoms with Gasteiger partial charge in [0.25, 0.3) is 0 Å². The van der Waals surface area contributed by atoms with Crippen LogP contribution in [0.5, 0.6) is 17.5 Å². The standard InChI is InChI=1S/C30H28F3N7O3/c1-16(2)40-13-22(30(31,32)33)37-27(40)18-9-10-19(21(12-18)41-3)14-43-28-20-6-5-11-34-25(20)38-26(39-28)23-24(17-7-8-17)35-15-36-29(23)42-4/h5-6,9-13,15-17H,7-8,14H2,1-4H3. The molecule has 1 saturated carbocycles. The fraction of sp³-hybridized carbons (Fsp3) is 0.333. The Bertz CT molecular complexity index is 1800. The number of methoxy groups -OCH3 is 2. The lowest BCUT2D eigenvalue weighted by Gasteiger charge is -2.15. The minimum Gasteiger partial charge on any atom is -0.496 e. The first kappa shape index (κ1) is 28.3. The fourth-order valence-electron chi connectivity index (χ4n) is 4.86. The van der Waals surface area contributed by atoms with Gasteiger partial charge >= 0.3 is 6.18 Å². The third-order valence-corrected chi connectivity index (χ3v) is 7.15. The summed E-state index contributed by atoms with van der Waals surface area (Å²) in [5, 5.41) is 0.601. The number of halogens is 3. The quantitative estimate of drug-likeness (QED) is 0.192. The molecule has 0 amide bonds. The lowest BCUT2D eigenvalue weighted by Crippen LogP contribution is -2.06. The zero-order valence-corrected chi connectivity index (χ0v) is 23.9. The predicted octanol–water partition coefficient (Wildman–Crippen LogP) is 6.42. The monoisotopic (exact) mass is 591 g/mol. The number of aromatic nitrogens is 7. The number of imidazole rings is 1. The topological polar surface area (TPSA) is 110 Å². The Morgan fingerprint density at radius 3 is 2.49 bits per heavy atom. The van der Waals surface area contributed by atoms with Gasteiger partial charge in [0.05, 0.1) is 25.3 Å². The first-order valence-electron chi connectivity index (χ1n) is 13.7. The van der Waals surface area contributed by atoms with Crippen molar-refractivity contribution >= 4 is 11.0 Å². The maximum atomic E-state index is 13.4. The van der Waals surface area contributed by atoms with Crippen molar-refractivity contribution in [3.05, 3.63) is 66.0 Å². The van der Waals surface area contributed by atoms with Gasteiger partial charge in [-0.2, -0.15) is 18.2 Å². The molecule has 4 aromatic heterocycles. The van der Waals surface area contributed by atoms with Crippen LogP contribution in [0.1, 0.15) is 55.6 Å². The number of rotatable bonds is 9. The van der Waals surface area contributed by atoms with E-state index < -0.39 is 11.9 Å². The second-order valence-corrected chi connectivity index (χ2v) is 10.4. The summed E-state index contributed by atoms with van der Waals surface area (Å²) in [6.07, 6.45) is 1.59. The maximum absolute atomic E-state index is 13.4. The van der Waals surface area contributed by atoms with E-state index in [4.69, 9.17) is 19.2 Å². The van der Waals surface area contributed by atoms with Crippen LogP contribution in [0.15, 0.2) is 49.1 Å². The van der Waals surface area contributed by atoms with Crippen LogP contribution in [0.4, 0.5) is 13.2 Å². The Labute approximate surface area is 245 Å². The van der Waals surface area contributed by atoms with Crippen molar-refractivity contribution in [3.8, 4) is 40.3 Å². The molecule has 222 valence electrons. The molecule has 1 aromatic carbocycles. The molecule has 1 aliphatic rings. The van der Waals surface area contributed by atoms with Gasteiger partial charge in [-0.15, -0.1) is 0 Å². The molecule has 13 heteroatoms. The van der Waals surface area contributed by atoms with E-state index in [1.54, 1.807) is 44.3 Å². The number of nitrogens with zero attached hydrogens (tertiary/aromatic N) is 7. The van der Waals surface area contributed by atoms with Crippen molar-refractivity contribution in [2.24, 2.45) is 0 Å². The highest BCUT2D eigenvalue weighted by atomic mass is 19.4.